The summed E-state index contributed by atoms with van der Waals surface area (Å²) in [5.41, 5.74) is 1.16. The molecule has 0 fully saturated rings. The Morgan fingerprint density at radius 1 is 1.33 bits per heavy atom. The molecule has 1 aliphatic rings. The molecule has 1 atom stereocenters. The number of anilines is 1. The molecule has 0 saturated carbocycles. The Morgan fingerprint density at radius 3 is 3.00 bits per heavy atom. The molecular formula is C20H16ClFN2O3. The maximum atomic E-state index is 13.7. The van der Waals surface area contributed by atoms with Crippen LogP contribution in [0.5, 0.6) is 11.5 Å². The third kappa shape index (κ3) is 3.28. The van der Waals surface area contributed by atoms with E-state index in [1.54, 1.807) is 19.5 Å². The van der Waals surface area contributed by atoms with Gasteiger partial charge in [-0.2, -0.15) is 0 Å². The van der Waals surface area contributed by atoms with Crippen LogP contribution in [0, 0.1) is 5.82 Å². The van der Waals surface area contributed by atoms with Gasteiger partial charge in [-0.15, -0.1) is 0 Å². The number of pyridine rings is 1. The summed E-state index contributed by atoms with van der Waals surface area (Å²) >= 11 is 5.90. The molecule has 0 bridgehead atoms. The molecule has 0 aliphatic carbocycles. The fraction of sp³-hybridized carbons (Fsp3) is 0.200. The first kappa shape index (κ1) is 17.5. The van der Waals surface area contributed by atoms with E-state index in [-0.39, 0.29) is 10.9 Å². The Kier molecular flexibility index (Phi) is 4.58. The molecule has 1 N–H and O–H groups in total. The summed E-state index contributed by atoms with van der Waals surface area (Å²) in [6.07, 6.45) is 3.79. The maximum Gasteiger partial charge on any atom is 0.232 e. The maximum absolute atomic E-state index is 13.7. The molecule has 27 heavy (non-hydrogen) atoms. The van der Waals surface area contributed by atoms with Crippen molar-refractivity contribution in [1.82, 2.24) is 4.98 Å². The van der Waals surface area contributed by atoms with Crippen LogP contribution in [0.15, 0.2) is 42.7 Å². The molecule has 3 aromatic rings. The van der Waals surface area contributed by atoms with Crippen LogP contribution in [-0.2, 0) is 4.79 Å². The lowest BCUT2D eigenvalue weighted by molar-refractivity contribution is -0.118. The first-order chi connectivity index (χ1) is 13.1. The van der Waals surface area contributed by atoms with Crippen molar-refractivity contribution in [2.24, 2.45) is 0 Å². The predicted octanol–water partition coefficient (Wildman–Crippen LogP) is 4.54. The standard InChI is InChI=1S/C20H16ClFN2O3/c1-26-12-3-2-11-9-23-10-18(14(11)6-12)24-20(25)13-4-5-27-19-8-17(22)16(21)7-15(13)19/h2-3,6-10,13H,4-5H2,1H3,(H,24,25). The van der Waals surface area contributed by atoms with Gasteiger partial charge in [-0.3, -0.25) is 9.78 Å². The highest BCUT2D eigenvalue weighted by Gasteiger charge is 2.29. The van der Waals surface area contributed by atoms with Gasteiger partial charge >= 0.3 is 0 Å². The molecule has 2 heterocycles. The number of halogens is 2. The van der Waals surface area contributed by atoms with E-state index in [1.807, 2.05) is 18.2 Å². The van der Waals surface area contributed by atoms with E-state index in [4.69, 9.17) is 21.1 Å². The van der Waals surface area contributed by atoms with Crippen molar-refractivity contribution in [3.63, 3.8) is 0 Å². The first-order valence-electron chi connectivity index (χ1n) is 8.41. The minimum atomic E-state index is -0.568. The lowest BCUT2D eigenvalue weighted by Gasteiger charge is -2.25. The van der Waals surface area contributed by atoms with Crippen molar-refractivity contribution in [3.8, 4) is 11.5 Å². The second-order valence-corrected chi connectivity index (χ2v) is 6.66. The lowest BCUT2D eigenvalue weighted by atomic mass is 9.92. The third-order valence-electron chi connectivity index (χ3n) is 4.63. The summed E-state index contributed by atoms with van der Waals surface area (Å²) in [5, 5.41) is 4.60. The second kappa shape index (κ2) is 7.04. The first-order valence-corrected chi connectivity index (χ1v) is 8.79. The van der Waals surface area contributed by atoms with E-state index >= 15 is 0 Å². The number of rotatable bonds is 3. The van der Waals surface area contributed by atoms with Crippen molar-refractivity contribution < 1.29 is 18.7 Å². The zero-order valence-corrected chi connectivity index (χ0v) is 15.2. The van der Waals surface area contributed by atoms with Crippen molar-refractivity contribution in [2.45, 2.75) is 12.3 Å². The highest BCUT2D eigenvalue weighted by atomic mass is 35.5. The molecule has 2 aromatic carbocycles. The predicted molar refractivity (Wildman–Crippen MR) is 101 cm³/mol. The molecule has 1 unspecified atom stereocenters. The highest BCUT2D eigenvalue weighted by Crippen LogP contribution is 2.38. The van der Waals surface area contributed by atoms with Crippen LogP contribution < -0.4 is 14.8 Å². The molecule has 1 amide bonds. The number of hydrogen-bond donors (Lipinski definition) is 1. The molecule has 5 nitrogen and oxygen atoms in total. The summed E-state index contributed by atoms with van der Waals surface area (Å²) < 4.78 is 24.4. The van der Waals surface area contributed by atoms with Gasteiger partial charge in [0.25, 0.3) is 0 Å². The van der Waals surface area contributed by atoms with Crippen LogP contribution in [0.25, 0.3) is 10.8 Å². The summed E-state index contributed by atoms with van der Waals surface area (Å²) in [6.45, 7) is 0.327. The Morgan fingerprint density at radius 2 is 2.19 bits per heavy atom. The average molecular weight is 387 g/mol. The van der Waals surface area contributed by atoms with Gasteiger partial charge in [0.1, 0.15) is 17.3 Å². The van der Waals surface area contributed by atoms with Gasteiger partial charge in [0.2, 0.25) is 5.91 Å². The van der Waals surface area contributed by atoms with Gasteiger partial charge in [-0.05, 0) is 30.7 Å². The Balaban J connectivity index is 1.68. The minimum Gasteiger partial charge on any atom is -0.497 e. The van der Waals surface area contributed by atoms with Crippen molar-refractivity contribution in [3.05, 3.63) is 59.1 Å². The fourth-order valence-electron chi connectivity index (χ4n) is 3.25. The fourth-order valence-corrected chi connectivity index (χ4v) is 3.42. The molecule has 1 aromatic heterocycles. The Labute approximate surface area is 160 Å². The van der Waals surface area contributed by atoms with E-state index in [9.17, 15) is 9.18 Å². The summed E-state index contributed by atoms with van der Waals surface area (Å²) in [5.74, 6) is -0.252. The largest absolute Gasteiger partial charge is 0.497 e. The number of methoxy groups -OCH3 is 1. The van der Waals surface area contributed by atoms with Gasteiger partial charge in [0.15, 0.2) is 0 Å². The van der Waals surface area contributed by atoms with E-state index in [1.165, 1.54) is 12.1 Å². The lowest BCUT2D eigenvalue weighted by Crippen LogP contribution is -2.26. The molecule has 138 valence electrons. The molecule has 7 heteroatoms. The van der Waals surface area contributed by atoms with Gasteiger partial charge in [-0.25, -0.2) is 4.39 Å². The van der Waals surface area contributed by atoms with Crippen LogP contribution >= 0.6 is 11.6 Å². The smallest absolute Gasteiger partial charge is 0.232 e. The van der Waals surface area contributed by atoms with E-state index in [0.29, 0.717) is 35.8 Å². The topological polar surface area (TPSA) is 60.5 Å². The van der Waals surface area contributed by atoms with Crippen molar-refractivity contribution in [2.75, 3.05) is 19.0 Å². The van der Waals surface area contributed by atoms with Crippen LogP contribution in [0.2, 0.25) is 5.02 Å². The number of fused-ring (bicyclic) bond motifs is 2. The number of amides is 1. The number of aromatic nitrogens is 1. The molecule has 1 aliphatic heterocycles. The number of nitrogens with zero attached hydrogens (tertiary/aromatic N) is 1. The Hall–Kier alpha value is -2.86. The zero-order chi connectivity index (χ0) is 19.0. The van der Waals surface area contributed by atoms with Gasteiger partial charge in [0, 0.05) is 28.6 Å². The number of carbonyl (C=O) groups excluding carboxylic acids is 1. The van der Waals surface area contributed by atoms with Crippen molar-refractivity contribution >= 4 is 34.0 Å². The second-order valence-electron chi connectivity index (χ2n) is 6.26. The molecule has 0 saturated heterocycles. The summed E-state index contributed by atoms with van der Waals surface area (Å²) in [7, 11) is 1.59. The van der Waals surface area contributed by atoms with E-state index < -0.39 is 11.7 Å². The van der Waals surface area contributed by atoms with Crippen LogP contribution in [0.1, 0.15) is 17.9 Å². The normalized spacial score (nSPS) is 15.7. The third-order valence-corrected chi connectivity index (χ3v) is 4.92. The van der Waals surface area contributed by atoms with Crippen LogP contribution in [0.4, 0.5) is 10.1 Å². The monoisotopic (exact) mass is 386 g/mol. The van der Waals surface area contributed by atoms with E-state index in [2.05, 4.69) is 10.3 Å². The molecule has 0 spiro atoms. The average Bonchev–Trinajstić information content (AvgIpc) is 2.68. The molecular weight excluding hydrogens is 371 g/mol. The molecule has 4 rings (SSSR count). The summed E-state index contributed by atoms with van der Waals surface area (Å²) in [6, 6.07) is 8.24. The number of carbonyl (C=O) groups is 1. The Bertz CT molecular complexity index is 1040. The number of hydrogen-bond acceptors (Lipinski definition) is 4. The van der Waals surface area contributed by atoms with Crippen LogP contribution in [0.3, 0.4) is 0 Å². The quantitative estimate of drug-likeness (QED) is 0.717. The van der Waals surface area contributed by atoms with Crippen molar-refractivity contribution in [1.29, 1.82) is 0 Å². The SMILES string of the molecule is COc1ccc2cncc(NC(=O)C3CCOc4cc(F)c(Cl)cc43)c2c1. The van der Waals surface area contributed by atoms with E-state index in [0.717, 1.165) is 10.8 Å². The number of benzene rings is 2. The zero-order valence-electron chi connectivity index (χ0n) is 14.5. The van der Waals surface area contributed by atoms with Crippen LogP contribution in [-0.4, -0.2) is 24.6 Å². The highest BCUT2D eigenvalue weighted by molar-refractivity contribution is 6.30. The molecule has 0 radical (unpaired) electrons. The summed E-state index contributed by atoms with van der Waals surface area (Å²) in [4.78, 5) is 17.1. The van der Waals surface area contributed by atoms with Gasteiger partial charge < -0.3 is 14.8 Å². The minimum absolute atomic E-state index is 0.0337. The van der Waals surface area contributed by atoms with Gasteiger partial charge in [-0.1, -0.05) is 11.6 Å². The number of ether oxygens (including phenoxy) is 2. The number of nitrogens with one attached hydrogen (secondary N) is 1. The van der Waals surface area contributed by atoms with Gasteiger partial charge in [0.05, 0.1) is 36.5 Å².